The van der Waals surface area contributed by atoms with Gasteiger partial charge in [0, 0.05) is 20.0 Å². The summed E-state index contributed by atoms with van der Waals surface area (Å²) in [4.78, 5) is 13.0. The van der Waals surface area contributed by atoms with Gasteiger partial charge in [-0.15, -0.1) is 0 Å². The van der Waals surface area contributed by atoms with Crippen LogP contribution >= 0.6 is 0 Å². The molecule has 21 heavy (non-hydrogen) atoms. The van der Waals surface area contributed by atoms with Crippen molar-refractivity contribution in [2.75, 3.05) is 0 Å². The summed E-state index contributed by atoms with van der Waals surface area (Å²) >= 11 is 0. The monoisotopic (exact) mass is 294 g/mol. The Morgan fingerprint density at radius 1 is 1.33 bits per heavy atom. The average Bonchev–Trinajstić information content (AvgIpc) is 2.74. The Kier molecular flexibility index (Phi) is 1.87. The van der Waals surface area contributed by atoms with Crippen molar-refractivity contribution in [3.8, 4) is 0 Å². The fourth-order valence-corrected chi connectivity index (χ4v) is 5.54. The van der Waals surface area contributed by atoms with Gasteiger partial charge in [-0.2, -0.15) is 0 Å². The van der Waals surface area contributed by atoms with Gasteiger partial charge in [0.1, 0.15) is 5.78 Å². The van der Waals surface area contributed by atoms with Crippen LogP contribution in [0.3, 0.4) is 0 Å². The lowest BCUT2D eigenvalue weighted by Gasteiger charge is -2.56. The smallest absolute Gasteiger partial charge is 0.139 e. The van der Waals surface area contributed by atoms with Crippen molar-refractivity contribution >= 4 is 5.78 Å². The van der Waals surface area contributed by atoms with Crippen molar-refractivity contribution in [2.45, 2.75) is 71.2 Å². The molecule has 0 aliphatic heterocycles. The molecule has 4 rings (SSSR count). The zero-order valence-corrected chi connectivity index (χ0v) is 12.6. The fraction of sp³-hybridized carbons (Fsp3) is 0.842. The summed E-state index contributed by atoms with van der Waals surface area (Å²) < 4.78 is 49.3. The molecule has 0 aromatic heterocycles. The van der Waals surface area contributed by atoms with Crippen LogP contribution in [0.5, 0.6) is 0 Å². The molecule has 0 amide bonds. The molecule has 2 nitrogen and oxygen atoms in total. The minimum Gasteiger partial charge on any atom is -0.393 e. The average molecular weight is 294 g/mol. The number of aliphatic hydroxyl groups is 1. The Labute approximate surface area is 136 Å². The molecule has 0 heterocycles. The van der Waals surface area contributed by atoms with Gasteiger partial charge in [-0.05, 0) is 68.1 Å². The number of hydrogen-bond donors (Lipinski definition) is 1. The lowest BCUT2D eigenvalue weighted by atomic mass is 9.48. The maximum absolute atomic E-state index is 13.0. The number of aliphatic hydroxyl groups excluding tert-OH is 1. The second-order valence-corrected chi connectivity index (χ2v) is 7.73. The first kappa shape index (κ1) is 8.86. The molecule has 1 unspecified atom stereocenters. The second kappa shape index (κ2) is 4.44. The molecule has 7 atom stereocenters. The number of fused-ring (bicyclic) bond motifs is 5. The lowest BCUT2D eigenvalue weighted by molar-refractivity contribution is -0.132. The van der Waals surface area contributed by atoms with Crippen LogP contribution in [0.4, 0.5) is 0 Å². The summed E-state index contributed by atoms with van der Waals surface area (Å²) in [5, 5.41) is 10.1. The molecule has 116 valence electrons. The van der Waals surface area contributed by atoms with Crippen LogP contribution in [0.15, 0.2) is 11.6 Å². The number of hydrogen-bond acceptors (Lipinski definition) is 2. The molecular formula is C19H28O2. The number of allylic oxidation sites excluding steroid dienone is 1. The largest absolute Gasteiger partial charge is 0.393 e. The molecule has 3 saturated carbocycles. The van der Waals surface area contributed by atoms with Crippen LogP contribution < -0.4 is 0 Å². The van der Waals surface area contributed by atoms with Crippen molar-refractivity contribution in [1.29, 1.82) is 0 Å². The van der Waals surface area contributed by atoms with Gasteiger partial charge in [-0.25, -0.2) is 0 Å². The molecule has 3 fully saturated rings. The van der Waals surface area contributed by atoms with Crippen molar-refractivity contribution in [3.63, 3.8) is 0 Å². The Balaban J connectivity index is 1.82. The molecule has 0 saturated heterocycles. The predicted octanol–water partition coefficient (Wildman–Crippen LogP) is 3.88. The van der Waals surface area contributed by atoms with Crippen LogP contribution in [-0.2, 0) is 4.79 Å². The second-order valence-electron chi connectivity index (χ2n) is 7.73. The van der Waals surface area contributed by atoms with Crippen LogP contribution in [-0.4, -0.2) is 17.0 Å². The molecule has 0 aromatic carbocycles. The number of rotatable bonds is 0. The molecule has 0 radical (unpaired) electrons. The summed E-state index contributed by atoms with van der Waals surface area (Å²) in [6.45, 7) is -0.426. The van der Waals surface area contributed by atoms with E-state index in [1.165, 1.54) is 5.57 Å². The third-order valence-electron chi connectivity index (χ3n) is 6.84. The Morgan fingerprint density at radius 3 is 2.95 bits per heavy atom. The summed E-state index contributed by atoms with van der Waals surface area (Å²) in [6, 6.07) is 0. The van der Waals surface area contributed by atoms with E-state index >= 15 is 0 Å². The quantitative estimate of drug-likeness (QED) is 0.688. The summed E-state index contributed by atoms with van der Waals surface area (Å²) in [6.07, 6.45) is 1.43. The lowest BCUT2D eigenvalue weighted by Crippen LogP contribution is -2.50. The highest BCUT2D eigenvalue weighted by molar-refractivity contribution is 5.87. The van der Waals surface area contributed by atoms with Gasteiger partial charge in [0.25, 0.3) is 0 Å². The topological polar surface area (TPSA) is 37.3 Å². The van der Waals surface area contributed by atoms with Crippen molar-refractivity contribution in [1.82, 2.24) is 0 Å². The zero-order chi connectivity index (χ0) is 20.0. The van der Waals surface area contributed by atoms with Gasteiger partial charge in [-0.1, -0.05) is 25.4 Å². The maximum atomic E-state index is 13.0. The summed E-state index contributed by atoms with van der Waals surface area (Å²) in [5.74, 6) is -1.70. The van der Waals surface area contributed by atoms with Gasteiger partial charge in [0.05, 0.1) is 6.10 Å². The highest BCUT2D eigenvalue weighted by Crippen LogP contribution is 2.63. The highest BCUT2D eigenvalue weighted by atomic mass is 16.3. The molecule has 0 spiro atoms. The molecule has 1 N–H and O–H groups in total. The predicted molar refractivity (Wildman–Crippen MR) is 82.7 cm³/mol. The van der Waals surface area contributed by atoms with E-state index in [4.69, 9.17) is 8.22 Å². The molecule has 2 heteroatoms. The maximum Gasteiger partial charge on any atom is 0.139 e. The number of carbonyl (C=O) groups excluding carboxylic acids is 1. The third kappa shape index (κ3) is 1.78. The standard InChI is InChI=1S/C19H28O2/c1-18-9-7-13(20)11-12(18)3-4-14-15-5-6-17(21)19(15,2)10-8-16(14)18/h3,13-16,20H,4-11H2,1-2H3/t13-,14-,15-,16-,18-,19-/m0/s1/i2D3,5D,6D2/t5?,13-,14-,15-,16-,18-,19-. The number of ketones is 1. The Morgan fingerprint density at radius 2 is 2.14 bits per heavy atom. The van der Waals surface area contributed by atoms with Gasteiger partial charge in [0.2, 0.25) is 0 Å². The fourth-order valence-electron chi connectivity index (χ4n) is 5.54. The van der Waals surface area contributed by atoms with E-state index in [1.807, 2.05) is 0 Å². The minimum absolute atomic E-state index is 0.133. The zero-order valence-electron chi connectivity index (χ0n) is 18.6. The highest BCUT2D eigenvalue weighted by Gasteiger charge is 2.58. The van der Waals surface area contributed by atoms with E-state index in [0.717, 1.165) is 6.42 Å². The number of carbonyl (C=O) groups is 1. The van der Waals surface area contributed by atoms with Gasteiger partial charge in [-0.3, -0.25) is 4.79 Å². The van der Waals surface area contributed by atoms with E-state index < -0.39 is 36.7 Å². The summed E-state index contributed by atoms with van der Waals surface area (Å²) in [7, 11) is 0. The molecule has 4 aliphatic carbocycles. The van der Waals surface area contributed by atoms with Crippen LogP contribution in [0, 0.1) is 28.6 Å². The third-order valence-corrected chi connectivity index (χ3v) is 6.84. The van der Waals surface area contributed by atoms with E-state index in [2.05, 4.69) is 13.0 Å². The van der Waals surface area contributed by atoms with E-state index in [0.29, 0.717) is 25.7 Å². The van der Waals surface area contributed by atoms with Crippen molar-refractivity contribution < 1.29 is 18.1 Å². The molecular weight excluding hydrogens is 260 g/mol. The molecule has 4 aliphatic rings. The van der Waals surface area contributed by atoms with Crippen LogP contribution in [0.2, 0.25) is 0 Å². The first-order valence-corrected chi connectivity index (χ1v) is 8.22. The SMILES string of the molecule is [2H]C1[C@H]2[C@@H]3CC=C4C[C@@H](O)CC[C@]4(C)[C@H]3CC[C@]2(C([2H])([2H])[2H])C(=O)C1([2H])[2H]. The Bertz CT molecular complexity index is 701. The molecule has 0 aromatic rings. The first-order valence-electron chi connectivity index (χ1n) is 11.3. The normalized spacial score (nSPS) is 63.4. The Hall–Kier alpha value is -0.630. The number of Topliss-reactive ketones (excluding diaryl/α,β-unsaturated/α-hetero) is 1. The van der Waals surface area contributed by atoms with Gasteiger partial charge < -0.3 is 5.11 Å². The van der Waals surface area contributed by atoms with E-state index in [-0.39, 0.29) is 29.8 Å². The van der Waals surface area contributed by atoms with Crippen molar-refractivity contribution in [2.24, 2.45) is 28.6 Å². The molecule has 0 bridgehead atoms. The van der Waals surface area contributed by atoms with Crippen LogP contribution in [0.25, 0.3) is 0 Å². The van der Waals surface area contributed by atoms with Crippen LogP contribution in [0.1, 0.15) is 73.3 Å². The van der Waals surface area contributed by atoms with E-state index in [1.54, 1.807) is 0 Å². The minimum atomic E-state index is -2.60. The van der Waals surface area contributed by atoms with E-state index in [9.17, 15) is 9.90 Å². The van der Waals surface area contributed by atoms with Gasteiger partial charge >= 0.3 is 0 Å². The summed E-state index contributed by atoms with van der Waals surface area (Å²) in [5.41, 5.74) is -0.668. The van der Waals surface area contributed by atoms with Gasteiger partial charge in [0.15, 0.2) is 0 Å². The first-order chi connectivity index (χ1) is 12.4. The van der Waals surface area contributed by atoms with Crippen molar-refractivity contribution in [3.05, 3.63) is 11.6 Å².